The van der Waals surface area contributed by atoms with Crippen LogP contribution in [0, 0.1) is 11.6 Å². The predicted molar refractivity (Wildman–Crippen MR) is 88.2 cm³/mol. The van der Waals surface area contributed by atoms with Gasteiger partial charge in [0.25, 0.3) is 0 Å². The van der Waals surface area contributed by atoms with Crippen molar-refractivity contribution < 1.29 is 8.78 Å². The van der Waals surface area contributed by atoms with Gasteiger partial charge >= 0.3 is 0 Å². The summed E-state index contributed by atoms with van der Waals surface area (Å²) >= 11 is 0. The van der Waals surface area contributed by atoms with E-state index in [0.29, 0.717) is 11.2 Å². The van der Waals surface area contributed by atoms with Crippen molar-refractivity contribution in [3.63, 3.8) is 0 Å². The molecule has 0 amide bonds. The molecule has 0 aliphatic carbocycles. The molecule has 1 saturated heterocycles. The molecule has 0 saturated carbocycles. The predicted octanol–water partition coefficient (Wildman–Crippen LogP) is 3.39. The van der Waals surface area contributed by atoms with Gasteiger partial charge in [0.1, 0.15) is 17.5 Å². The van der Waals surface area contributed by atoms with Crippen LogP contribution < -0.4 is 10.2 Å². The standard InChI is InChI=1S/C17H17F2N5/c1-20-14-10-21-24-8-6-16(22-17(14)24)23-7-2-3-15(23)12-9-11(18)4-5-13(12)19/h4-6,8-10,15,20H,2-3,7H2,1H3. The van der Waals surface area contributed by atoms with Crippen molar-refractivity contribution >= 4 is 17.2 Å². The van der Waals surface area contributed by atoms with Crippen molar-refractivity contribution in [2.75, 3.05) is 23.8 Å². The Morgan fingerprint density at radius 2 is 2.12 bits per heavy atom. The van der Waals surface area contributed by atoms with Gasteiger partial charge in [-0.05, 0) is 37.1 Å². The second kappa shape index (κ2) is 5.74. The summed E-state index contributed by atoms with van der Waals surface area (Å²) in [6.07, 6.45) is 5.21. The normalized spacial score (nSPS) is 17.6. The molecule has 1 aliphatic heterocycles. The molecule has 3 aromatic rings. The molecule has 1 aromatic carbocycles. The Balaban J connectivity index is 1.76. The molecule has 0 bridgehead atoms. The molecule has 1 aliphatic rings. The second-order valence-electron chi connectivity index (χ2n) is 5.88. The Hall–Kier alpha value is -2.70. The van der Waals surface area contributed by atoms with Crippen LogP contribution in [0.15, 0.2) is 36.7 Å². The average Bonchev–Trinajstić information content (AvgIpc) is 3.22. The summed E-state index contributed by atoms with van der Waals surface area (Å²) in [5.41, 5.74) is 1.92. The minimum absolute atomic E-state index is 0.211. The Morgan fingerprint density at radius 1 is 1.25 bits per heavy atom. The molecule has 4 rings (SSSR count). The first kappa shape index (κ1) is 14.9. The van der Waals surface area contributed by atoms with Crippen LogP contribution in [0.4, 0.5) is 20.3 Å². The van der Waals surface area contributed by atoms with E-state index in [-0.39, 0.29) is 11.9 Å². The van der Waals surface area contributed by atoms with Crippen molar-refractivity contribution in [2.45, 2.75) is 18.9 Å². The molecule has 1 N–H and O–H groups in total. The highest BCUT2D eigenvalue weighted by Gasteiger charge is 2.29. The molecule has 0 radical (unpaired) electrons. The molecule has 1 atom stereocenters. The maximum atomic E-state index is 14.2. The highest BCUT2D eigenvalue weighted by molar-refractivity contribution is 5.68. The van der Waals surface area contributed by atoms with E-state index < -0.39 is 5.82 Å². The van der Waals surface area contributed by atoms with Crippen molar-refractivity contribution in [1.82, 2.24) is 14.6 Å². The van der Waals surface area contributed by atoms with Crippen LogP contribution in [0.3, 0.4) is 0 Å². The summed E-state index contributed by atoms with van der Waals surface area (Å²) in [7, 11) is 1.81. The van der Waals surface area contributed by atoms with E-state index in [9.17, 15) is 8.78 Å². The summed E-state index contributed by atoms with van der Waals surface area (Å²) < 4.78 is 29.5. The van der Waals surface area contributed by atoms with Gasteiger partial charge in [0.15, 0.2) is 5.65 Å². The van der Waals surface area contributed by atoms with E-state index in [4.69, 9.17) is 0 Å². The van der Waals surface area contributed by atoms with Crippen LogP contribution in [-0.2, 0) is 0 Å². The molecule has 124 valence electrons. The first-order valence-corrected chi connectivity index (χ1v) is 7.91. The minimum Gasteiger partial charge on any atom is -0.384 e. The third kappa shape index (κ3) is 2.36. The van der Waals surface area contributed by atoms with E-state index in [1.54, 1.807) is 10.7 Å². The molecular weight excluding hydrogens is 312 g/mol. The average molecular weight is 329 g/mol. The van der Waals surface area contributed by atoms with Gasteiger partial charge in [-0.3, -0.25) is 0 Å². The SMILES string of the molecule is CNc1cnn2ccc(N3CCCC3c3cc(F)ccc3F)nc12. The molecule has 1 fully saturated rings. The number of nitrogens with zero attached hydrogens (tertiary/aromatic N) is 4. The fraction of sp³-hybridized carbons (Fsp3) is 0.294. The number of rotatable bonds is 3. The zero-order valence-electron chi connectivity index (χ0n) is 13.2. The fourth-order valence-corrected chi connectivity index (χ4v) is 3.33. The van der Waals surface area contributed by atoms with Crippen molar-refractivity contribution in [2.24, 2.45) is 0 Å². The largest absolute Gasteiger partial charge is 0.384 e. The molecule has 24 heavy (non-hydrogen) atoms. The number of fused-ring (bicyclic) bond motifs is 1. The summed E-state index contributed by atoms with van der Waals surface area (Å²) in [5, 5.41) is 7.28. The second-order valence-corrected chi connectivity index (χ2v) is 5.88. The van der Waals surface area contributed by atoms with Gasteiger partial charge in [0.2, 0.25) is 0 Å². The van der Waals surface area contributed by atoms with Gasteiger partial charge in [0.05, 0.1) is 17.9 Å². The molecule has 5 nitrogen and oxygen atoms in total. The highest BCUT2D eigenvalue weighted by Crippen LogP contribution is 2.37. The molecular formula is C17H17F2N5. The number of nitrogens with one attached hydrogen (secondary N) is 1. The lowest BCUT2D eigenvalue weighted by molar-refractivity contribution is 0.560. The van der Waals surface area contributed by atoms with E-state index in [1.165, 1.54) is 12.1 Å². The zero-order valence-corrected chi connectivity index (χ0v) is 13.2. The topological polar surface area (TPSA) is 45.5 Å². The fourth-order valence-electron chi connectivity index (χ4n) is 3.33. The van der Waals surface area contributed by atoms with Crippen LogP contribution >= 0.6 is 0 Å². The maximum Gasteiger partial charge on any atom is 0.180 e. The highest BCUT2D eigenvalue weighted by atomic mass is 19.1. The summed E-state index contributed by atoms with van der Waals surface area (Å²) in [6, 6.07) is 5.27. The smallest absolute Gasteiger partial charge is 0.180 e. The maximum absolute atomic E-state index is 14.2. The van der Waals surface area contributed by atoms with Crippen LogP contribution in [-0.4, -0.2) is 28.2 Å². The Bertz CT molecular complexity index is 892. The number of halogens is 2. The number of aromatic nitrogens is 3. The third-order valence-corrected chi connectivity index (χ3v) is 4.49. The molecule has 2 aromatic heterocycles. The van der Waals surface area contributed by atoms with Crippen LogP contribution in [0.25, 0.3) is 5.65 Å². The lowest BCUT2D eigenvalue weighted by Crippen LogP contribution is -2.24. The summed E-state index contributed by atoms with van der Waals surface area (Å²) in [4.78, 5) is 6.70. The number of hydrogen-bond acceptors (Lipinski definition) is 4. The van der Waals surface area contributed by atoms with Crippen molar-refractivity contribution in [3.05, 3.63) is 53.9 Å². The molecule has 3 heterocycles. The van der Waals surface area contributed by atoms with Gasteiger partial charge in [-0.15, -0.1) is 0 Å². The monoisotopic (exact) mass is 329 g/mol. The Morgan fingerprint density at radius 3 is 2.96 bits per heavy atom. The molecule has 7 heteroatoms. The lowest BCUT2D eigenvalue weighted by Gasteiger charge is -2.26. The van der Waals surface area contributed by atoms with E-state index in [2.05, 4.69) is 15.4 Å². The first-order chi connectivity index (χ1) is 11.7. The van der Waals surface area contributed by atoms with Gasteiger partial charge < -0.3 is 10.2 Å². The lowest BCUT2D eigenvalue weighted by atomic mass is 10.0. The van der Waals surface area contributed by atoms with E-state index in [0.717, 1.165) is 37.0 Å². The Kier molecular flexibility index (Phi) is 3.55. The first-order valence-electron chi connectivity index (χ1n) is 7.91. The van der Waals surface area contributed by atoms with Gasteiger partial charge in [-0.1, -0.05) is 0 Å². The number of anilines is 2. The van der Waals surface area contributed by atoms with Gasteiger partial charge in [-0.25, -0.2) is 18.3 Å². The summed E-state index contributed by atoms with van der Waals surface area (Å²) in [5.74, 6) is -0.0600. The van der Waals surface area contributed by atoms with Crippen molar-refractivity contribution in [3.8, 4) is 0 Å². The zero-order chi connectivity index (χ0) is 16.7. The molecule has 1 unspecified atom stereocenters. The quantitative estimate of drug-likeness (QED) is 0.800. The van der Waals surface area contributed by atoms with Gasteiger partial charge in [-0.2, -0.15) is 5.10 Å². The Labute approximate surface area is 137 Å². The minimum atomic E-state index is -0.421. The van der Waals surface area contributed by atoms with Crippen LogP contribution in [0.2, 0.25) is 0 Å². The van der Waals surface area contributed by atoms with Gasteiger partial charge in [0, 0.05) is 25.4 Å². The molecule has 0 spiro atoms. The van der Waals surface area contributed by atoms with Crippen LogP contribution in [0.5, 0.6) is 0 Å². The summed E-state index contributed by atoms with van der Waals surface area (Å²) in [6.45, 7) is 0.757. The number of hydrogen-bond donors (Lipinski definition) is 1. The van der Waals surface area contributed by atoms with E-state index in [1.807, 2.05) is 24.2 Å². The van der Waals surface area contributed by atoms with Crippen LogP contribution in [0.1, 0.15) is 24.4 Å². The van der Waals surface area contributed by atoms with Crippen molar-refractivity contribution in [1.29, 1.82) is 0 Å². The van der Waals surface area contributed by atoms with E-state index >= 15 is 0 Å². The third-order valence-electron chi connectivity index (χ3n) is 4.49. The number of benzene rings is 1.